The van der Waals surface area contributed by atoms with Gasteiger partial charge < -0.3 is 19.3 Å². The molecule has 14 heavy (non-hydrogen) atoms. The second kappa shape index (κ2) is 5.09. The molecule has 0 saturated carbocycles. The van der Waals surface area contributed by atoms with E-state index in [0.717, 1.165) is 18.7 Å². The first-order valence-corrected chi connectivity index (χ1v) is 4.73. The quantitative estimate of drug-likeness (QED) is 0.748. The summed E-state index contributed by atoms with van der Waals surface area (Å²) in [6.45, 7) is 3.63. The first-order chi connectivity index (χ1) is 6.95. The van der Waals surface area contributed by atoms with Gasteiger partial charge in [0, 0.05) is 18.7 Å². The monoisotopic (exact) mass is 198 g/mol. The Labute approximate surface area is 82.4 Å². The van der Waals surface area contributed by atoms with Gasteiger partial charge in [0.15, 0.2) is 0 Å². The summed E-state index contributed by atoms with van der Waals surface area (Å²) in [6.07, 6.45) is 3.50. The summed E-state index contributed by atoms with van der Waals surface area (Å²) in [5.74, 6) is 0. The molecule has 1 aliphatic rings. The standard InChI is InChI=1S/C9H14N2O3/c1-2-13-9(7-12-1)5-10-3-8-4-11-14-6-8/h4,6,9-10H,1-3,5,7H2. The van der Waals surface area contributed by atoms with Gasteiger partial charge in [-0.15, -0.1) is 0 Å². The highest BCUT2D eigenvalue weighted by molar-refractivity contribution is 4.99. The molecular formula is C9H14N2O3. The van der Waals surface area contributed by atoms with Crippen LogP contribution in [0.4, 0.5) is 0 Å². The molecule has 0 aromatic carbocycles. The Morgan fingerprint density at radius 1 is 1.50 bits per heavy atom. The second-order valence-corrected chi connectivity index (χ2v) is 3.23. The Morgan fingerprint density at radius 3 is 3.21 bits per heavy atom. The maximum atomic E-state index is 5.47. The van der Waals surface area contributed by atoms with Crippen molar-refractivity contribution < 1.29 is 14.0 Å². The first kappa shape index (κ1) is 9.64. The van der Waals surface area contributed by atoms with Crippen LogP contribution in [0.2, 0.25) is 0 Å². The van der Waals surface area contributed by atoms with Crippen molar-refractivity contribution in [1.82, 2.24) is 10.5 Å². The second-order valence-electron chi connectivity index (χ2n) is 3.23. The Hall–Kier alpha value is -0.910. The molecular weight excluding hydrogens is 184 g/mol. The maximum absolute atomic E-state index is 5.47. The summed E-state index contributed by atoms with van der Waals surface area (Å²) in [5.41, 5.74) is 1.04. The molecule has 1 N–H and O–H groups in total. The lowest BCUT2D eigenvalue weighted by molar-refractivity contribution is -0.0864. The van der Waals surface area contributed by atoms with Crippen LogP contribution in [0.5, 0.6) is 0 Å². The predicted octanol–water partition coefficient (Wildman–Crippen LogP) is 0.180. The maximum Gasteiger partial charge on any atom is 0.128 e. The Kier molecular flexibility index (Phi) is 3.50. The largest absolute Gasteiger partial charge is 0.376 e. The molecule has 1 atom stereocenters. The third-order valence-corrected chi connectivity index (χ3v) is 2.07. The summed E-state index contributed by atoms with van der Waals surface area (Å²) >= 11 is 0. The Morgan fingerprint density at radius 2 is 2.50 bits per heavy atom. The van der Waals surface area contributed by atoms with Gasteiger partial charge in [0.25, 0.3) is 0 Å². The molecule has 0 amide bonds. The first-order valence-electron chi connectivity index (χ1n) is 4.73. The number of aromatic nitrogens is 1. The normalized spacial score (nSPS) is 22.4. The topological polar surface area (TPSA) is 56.5 Å². The minimum atomic E-state index is 0.170. The number of hydrogen-bond acceptors (Lipinski definition) is 5. The van der Waals surface area contributed by atoms with Crippen LogP contribution < -0.4 is 5.32 Å². The summed E-state index contributed by atoms with van der Waals surface area (Å²) in [4.78, 5) is 0. The summed E-state index contributed by atoms with van der Waals surface area (Å²) in [7, 11) is 0. The van der Waals surface area contributed by atoms with E-state index in [1.165, 1.54) is 0 Å². The predicted molar refractivity (Wildman–Crippen MR) is 48.8 cm³/mol. The van der Waals surface area contributed by atoms with Crippen LogP contribution in [0.3, 0.4) is 0 Å². The van der Waals surface area contributed by atoms with E-state index in [9.17, 15) is 0 Å². The lowest BCUT2D eigenvalue weighted by Gasteiger charge is -2.22. The highest BCUT2D eigenvalue weighted by Crippen LogP contribution is 2.00. The fourth-order valence-corrected chi connectivity index (χ4v) is 1.35. The number of nitrogens with zero attached hydrogens (tertiary/aromatic N) is 1. The van der Waals surface area contributed by atoms with E-state index in [1.54, 1.807) is 12.5 Å². The lowest BCUT2D eigenvalue weighted by Crippen LogP contribution is -2.37. The van der Waals surface area contributed by atoms with E-state index in [2.05, 4.69) is 10.5 Å². The van der Waals surface area contributed by atoms with E-state index in [4.69, 9.17) is 14.0 Å². The number of ether oxygens (including phenoxy) is 2. The van der Waals surface area contributed by atoms with Crippen LogP contribution in [0.15, 0.2) is 17.0 Å². The molecule has 1 unspecified atom stereocenters. The molecule has 0 bridgehead atoms. The number of hydrogen-bond donors (Lipinski definition) is 1. The summed E-state index contributed by atoms with van der Waals surface area (Å²) < 4.78 is 15.5. The van der Waals surface area contributed by atoms with Crippen LogP contribution in [0.25, 0.3) is 0 Å². The fourth-order valence-electron chi connectivity index (χ4n) is 1.35. The van der Waals surface area contributed by atoms with Gasteiger partial charge >= 0.3 is 0 Å². The molecule has 5 heteroatoms. The highest BCUT2D eigenvalue weighted by Gasteiger charge is 2.13. The third kappa shape index (κ3) is 2.80. The van der Waals surface area contributed by atoms with Crippen molar-refractivity contribution in [3.8, 4) is 0 Å². The molecule has 0 spiro atoms. The van der Waals surface area contributed by atoms with Gasteiger partial charge in [0.2, 0.25) is 0 Å². The van der Waals surface area contributed by atoms with Crippen LogP contribution in [-0.2, 0) is 16.0 Å². The zero-order valence-corrected chi connectivity index (χ0v) is 7.94. The van der Waals surface area contributed by atoms with Gasteiger partial charge in [-0.2, -0.15) is 0 Å². The third-order valence-electron chi connectivity index (χ3n) is 2.07. The van der Waals surface area contributed by atoms with E-state index < -0.39 is 0 Å². The Balaban J connectivity index is 1.62. The van der Waals surface area contributed by atoms with Gasteiger partial charge in [-0.3, -0.25) is 0 Å². The van der Waals surface area contributed by atoms with Crippen molar-refractivity contribution in [2.45, 2.75) is 12.6 Å². The van der Waals surface area contributed by atoms with Crippen LogP contribution in [-0.4, -0.2) is 37.6 Å². The average Bonchev–Trinajstić information content (AvgIpc) is 2.72. The molecule has 0 aliphatic carbocycles. The van der Waals surface area contributed by atoms with E-state index in [-0.39, 0.29) is 6.10 Å². The molecule has 1 aromatic heterocycles. The molecule has 1 aliphatic heterocycles. The van der Waals surface area contributed by atoms with Crippen molar-refractivity contribution in [3.05, 3.63) is 18.0 Å². The van der Waals surface area contributed by atoms with E-state index in [0.29, 0.717) is 19.8 Å². The Bertz CT molecular complexity index is 245. The van der Waals surface area contributed by atoms with Gasteiger partial charge in [-0.05, 0) is 0 Å². The van der Waals surface area contributed by atoms with Crippen molar-refractivity contribution >= 4 is 0 Å². The fraction of sp³-hybridized carbons (Fsp3) is 0.667. The molecule has 1 saturated heterocycles. The smallest absolute Gasteiger partial charge is 0.128 e. The highest BCUT2D eigenvalue weighted by atomic mass is 16.6. The van der Waals surface area contributed by atoms with Crippen LogP contribution in [0, 0.1) is 0 Å². The summed E-state index contributed by atoms with van der Waals surface area (Å²) in [5, 5.41) is 6.87. The lowest BCUT2D eigenvalue weighted by atomic mass is 10.3. The van der Waals surface area contributed by atoms with Crippen LogP contribution >= 0.6 is 0 Å². The van der Waals surface area contributed by atoms with E-state index >= 15 is 0 Å². The van der Waals surface area contributed by atoms with Gasteiger partial charge in [0.05, 0.1) is 32.1 Å². The number of rotatable bonds is 4. The molecule has 1 aromatic rings. The molecule has 78 valence electrons. The average molecular weight is 198 g/mol. The molecule has 2 rings (SSSR count). The molecule has 1 fully saturated rings. The van der Waals surface area contributed by atoms with Crippen LogP contribution in [0.1, 0.15) is 5.56 Å². The van der Waals surface area contributed by atoms with Crippen molar-refractivity contribution in [2.24, 2.45) is 0 Å². The minimum absolute atomic E-state index is 0.170. The van der Waals surface area contributed by atoms with Gasteiger partial charge in [-0.1, -0.05) is 5.16 Å². The zero-order chi connectivity index (χ0) is 9.64. The molecule has 0 radical (unpaired) electrons. The molecule has 5 nitrogen and oxygen atoms in total. The van der Waals surface area contributed by atoms with Crippen molar-refractivity contribution in [2.75, 3.05) is 26.4 Å². The number of nitrogens with one attached hydrogen (secondary N) is 1. The zero-order valence-electron chi connectivity index (χ0n) is 7.94. The van der Waals surface area contributed by atoms with Gasteiger partial charge in [-0.25, -0.2) is 0 Å². The van der Waals surface area contributed by atoms with E-state index in [1.807, 2.05) is 0 Å². The molecule has 2 heterocycles. The van der Waals surface area contributed by atoms with Gasteiger partial charge in [0.1, 0.15) is 6.26 Å². The minimum Gasteiger partial charge on any atom is -0.376 e. The van der Waals surface area contributed by atoms with Crippen molar-refractivity contribution in [1.29, 1.82) is 0 Å². The summed E-state index contributed by atoms with van der Waals surface area (Å²) in [6, 6.07) is 0. The van der Waals surface area contributed by atoms with Crippen molar-refractivity contribution in [3.63, 3.8) is 0 Å². The SMILES string of the molecule is c1nocc1CNCC1COCCO1.